The predicted octanol–water partition coefficient (Wildman–Crippen LogP) is 4.18. The van der Waals surface area contributed by atoms with E-state index in [9.17, 15) is 14.7 Å². The molecule has 3 nitrogen and oxygen atoms in total. The Morgan fingerprint density at radius 3 is 2.71 bits per heavy atom. The third-order valence-corrected chi connectivity index (χ3v) is 4.21. The van der Waals surface area contributed by atoms with Crippen molar-refractivity contribution in [3.8, 4) is 0 Å². The predicted molar refractivity (Wildman–Crippen MR) is 83.5 cm³/mol. The summed E-state index contributed by atoms with van der Waals surface area (Å²) in [6, 6.07) is 3.76. The Morgan fingerprint density at radius 1 is 1.38 bits per heavy atom. The minimum absolute atomic E-state index is 0.0718. The van der Waals surface area contributed by atoms with Crippen molar-refractivity contribution in [3.63, 3.8) is 0 Å². The normalized spacial score (nSPS) is 18.4. The van der Waals surface area contributed by atoms with Crippen molar-refractivity contribution in [2.24, 2.45) is 5.92 Å². The molecule has 4 heteroatoms. The van der Waals surface area contributed by atoms with Crippen molar-refractivity contribution in [3.05, 3.63) is 39.6 Å². The van der Waals surface area contributed by atoms with E-state index in [1.54, 1.807) is 6.07 Å². The first kappa shape index (κ1) is 15.8. The summed E-state index contributed by atoms with van der Waals surface area (Å²) in [5, 5.41) is 10.9. The first-order valence-electron chi connectivity index (χ1n) is 7.12. The molecule has 0 bridgehead atoms. The van der Waals surface area contributed by atoms with E-state index in [0.29, 0.717) is 41.8 Å². The fourth-order valence-electron chi connectivity index (χ4n) is 2.96. The molecule has 1 aliphatic carbocycles. The third kappa shape index (κ3) is 3.18. The maximum absolute atomic E-state index is 12.3. The zero-order valence-electron chi connectivity index (χ0n) is 12.3. The minimum Gasteiger partial charge on any atom is -0.511 e. The van der Waals surface area contributed by atoms with Crippen molar-refractivity contribution in [1.82, 2.24) is 0 Å². The molecule has 1 aliphatic rings. The van der Waals surface area contributed by atoms with Crippen molar-refractivity contribution in [2.45, 2.75) is 39.5 Å². The number of halogens is 1. The highest BCUT2D eigenvalue weighted by atomic mass is 35.5. The number of benzene rings is 1. The smallest absolute Gasteiger partial charge is 0.167 e. The molecule has 0 heterocycles. The molecule has 1 unspecified atom stereocenters. The van der Waals surface area contributed by atoms with Crippen LogP contribution in [0.5, 0.6) is 0 Å². The number of unbranched alkanes of at least 4 members (excludes halogenated alkanes) is 1. The Bertz CT molecular complexity index is 593. The van der Waals surface area contributed by atoms with Gasteiger partial charge in [-0.15, -0.1) is 0 Å². The number of carbonyl (C=O) groups is 2. The maximum atomic E-state index is 12.3. The van der Waals surface area contributed by atoms with Gasteiger partial charge in [-0.1, -0.05) is 17.7 Å². The van der Waals surface area contributed by atoms with Crippen LogP contribution in [0.25, 0.3) is 5.57 Å². The lowest BCUT2D eigenvalue weighted by Gasteiger charge is -2.11. The summed E-state index contributed by atoms with van der Waals surface area (Å²) in [5.74, 6) is -0.138. The van der Waals surface area contributed by atoms with Gasteiger partial charge < -0.3 is 9.90 Å². The molecule has 1 aromatic carbocycles. The van der Waals surface area contributed by atoms with E-state index in [1.807, 2.05) is 19.9 Å². The minimum atomic E-state index is -0.191. The molecular formula is C17H19ClO3. The second-order valence-corrected chi connectivity index (χ2v) is 6.03. The van der Waals surface area contributed by atoms with Crippen LogP contribution in [0.2, 0.25) is 5.02 Å². The number of allylic oxidation sites excluding steroid dienone is 2. The van der Waals surface area contributed by atoms with Crippen LogP contribution in [-0.4, -0.2) is 17.2 Å². The van der Waals surface area contributed by atoms with E-state index in [2.05, 4.69) is 0 Å². The number of Topliss-reactive ketones (excluding diaryl/α,β-unsaturated/α-hetero) is 1. The van der Waals surface area contributed by atoms with Crippen LogP contribution in [0, 0.1) is 19.8 Å². The SMILES string of the molecule is Cc1cc(C)c(C2=C(O)C(CCCC=O)CC2=O)c(Cl)c1. The Labute approximate surface area is 129 Å². The van der Waals surface area contributed by atoms with Gasteiger partial charge in [-0.2, -0.15) is 0 Å². The number of hydrogen-bond donors (Lipinski definition) is 1. The van der Waals surface area contributed by atoms with Gasteiger partial charge in [0.1, 0.15) is 12.0 Å². The van der Waals surface area contributed by atoms with Gasteiger partial charge >= 0.3 is 0 Å². The Balaban J connectivity index is 2.38. The third-order valence-electron chi connectivity index (χ3n) is 3.91. The van der Waals surface area contributed by atoms with E-state index in [0.717, 1.165) is 17.4 Å². The molecular weight excluding hydrogens is 288 g/mol. The van der Waals surface area contributed by atoms with Crippen LogP contribution in [0.1, 0.15) is 42.4 Å². The summed E-state index contributed by atoms with van der Waals surface area (Å²) in [6.07, 6.45) is 2.93. The number of aliphatic hydroxyl groups is 1. The van der Waals surface area contributed by atoms with Crippen LogP contribution in [0.3, 0.4) is 0 Å². The van der Waals surface area contributed by atoms with Gasteiger partial charge in [0.05, 0.1) is 5.57 Å². The molecule has 0 radical (unpaired) electrons. The summed E-state index contributed by atoms with van der Waals surface area (Å²) in [4.78, 5) is 22.6. The number of aryl methyl sites for hydroxylation is 2. The zero-order chi connectivity index (χ0) is 15.6. The number of carbonyl (C=O) groups excluding carboxylic acids is 2. The van der Waals surface area contributed by atoms with Crippen LogP contribution in [-0.2, 0) is 9.59 Å². The van der Waals surface area contributed by atoms with Gasteiger partial charge in [-0.05, 0) is 43.9 Å². The second kappa shape index (κ2) is 6.44. The number of ketones is 1. The average Bonchev–Trinajstić information content (AvgIpc) is 2.66. The molecule has 112 valence electrons. The lowest BCUT2D eigenvalue weighted by molar-refractivity contribution is -0.113. The number of aliphatic hydroxyl groups excluding tert-OH is 1. The van der Waals surface area contributed by atoms with E-state index in [-0.39, 0.29) is 17.5 Å². The highest BCUT2D eigenvalue weighted by molar-refractivity contribution is 6.36. The largest absolute Gasteiger partial charge is 0.511 e. The number of hydrogen-bond acceptors (Lipinski definition) is 3. The molecule has 1 N–H and O–H groups in total. The van der Waals surface area contributed by atoms with Gasteiger partial charge in [0, 0.05) is 29.3 Å². The van der Waals surface area contributed by atoms with Gasteiger partial charge in [-0.3, -0.25) is 4.79 Å². The average molecular weight is 307 g/mol. The fourth-order valence-corrected chi connectivity index (χ4v) is 3.37. The molecule has 0 fully saturated rings. The Kier molecular flexibility index (Phi) is 4.84. The lowest BCUT2D eigenvalue weighted by atomic mass is 9.97. The Hall–Kier alpha value is -1.61. The Morgan fingerprint density at radius 2 is 2.10 bits per heavy atom. The fraction of sp³-hybridized carbons (Fsp3) is 0.412. The van der Waals surface area contributed by atoms with Crippen molar-refractivity contribution < 1.29 is 14.7 Å². The van der Waals surface area contributed by atoms with E-state index in [1.165, 1.54) is 0 Å². The molecule has 0 aliphatic heterocycles. The van der Waals surface area contributed by atoms with Crippen molar-refractivity contribution in [2.75, 3.05) is 0 Å². The standard InChI is InChI=1S/C17H19ClO3/c1-10-7-11(2)15(13(18)8-10)16-14(20)9-12(17(16)21)5-3-4-6-19/h6-8,12,21H,3-5,9H2,1-2H3. The highest BCUT2D eigenvalue weighted by Crippen LogP contribution is 2.40. The molecule has 0 spiro atoms. The van der Waals surface area contributed by atoms with E-state index < -0.39 is 0 Å². The quantitative estimate of drug-likeness (QED) is 0.655. The number of aldehydes is 1. The van der Waals surface area contributed by atoms with Crippen LogP contribution >= 0.6 is 11.6 Å². The van der Waals surface area contributed by atoms with Gasteiger partial charge in [0.2, 0.25) is 0 Å². The molecule has 1 aromatic rings. The van der Waals surface area contributed by atoms with Gasteiger partial charge in [0.25, 0.3) is 0 Å². The van der Waals surface area contributed by atoms with Crippen LogP contribution in [0.4, 0.5) is 0 Å². The maximum Gasteiger partial charge on any atom is 0.167 e. The van der Waals surface area contributed by atoms with Gasteiger partial charge in [0.15, 0.2) is 5.78 Å². The molecule has 21 heavy (non-hydrogen) atoms. The molecule has 0 aromatic heterocycles. The first-order valence-corrected chi connectivity index (χ1v) is 7.50. The van der Waals surface area contributed by atoms with Crippen molar-refractivity contribution in [1.29, 1.82) is 0 Å². The van der Waals surface area contributed by atoms with E-state index >= 15 is 0 Å². The molecule has 1 atom stereocenters. The van der Waals surface area contributed by atoms with Crippen LogP contribution in [0.15, 0.2) is 17.9 Å². The topological polar surface area (TPSA) is 54.4 Å². The van der Waals surface area contributed by atoms with Crippen LogP contribution < -0.4 is 0 Å². The van der Waals surface area contributed by atoms with Crippen molar-refractivity contribution >= 4 is 29.2 Å². The summed E-state index contributed by atoms with van der Waals surface area (Å²) >= 11 is 6.28. The summed E-state index contributed by atoms with van der Waals surface area (Å²) in [6.45, 7) is 3.83. The summed E-state index contributed by atoms with van der Waals surface area (Å²) in [5.41, 5.74) is 2.91. The molecule has 0 saturated carbocycles. The molecule has 0 amide bonds. The first-order chi connectivity index (χ1) is 9.95. The summed E-state index contributed by atoms with van der Waals surface area (Å²) in [7, 11) is 0. The monoisotopic (exact) mass is 306 g/mol. The number of rotatable bonds is 5. The second-order valence-electron chi connectivity index (χ2n) is 5.62. The lowest BCUT2D eigenvalue weighted by Crippen LogP contribution is -2.01. The van der Waals surface area contributed by atoms with Gasteiger partial charge in [-0.25, -0.2) is 0 Å². The molecule has 2 rings (SSSR count). The molecule has 0 saturated heterocycles. The summed E-state index contributed by atoms with van der Waals surface area (Å²) < 4.78 is 0. The highest BCUT2D eigenvalue weighted by Gasteiger charge is 2.34. The van der Waals surface area contributed by atoms with E-state index in [4.69, 9.17) is 11.6 Å². The zero-order valence-corrected chi connectivity index (χ0v) is 13.0.